The Morgan fingerprint density at radius 3 is 2.26 bits per heavy atom. The Kier molecular flexibility index (Phi) is 8.03. The lowest BCUT2D eigenvalue weighted by Crippen LogP contribution is -2.44. The molecular weight excluding hydrogens is 348 g/mol. The molecule has 1 aromatic rings. The van der Waals surface area contributed by atoms with E-state index in [1.807, 2.05) is 17.9 Å². The number of carbonyl (C=O) groups is 1. The molecule has 8 heteroatoms. The molecule has 1 heterocycles. The molecule has 1 amide bonds. The molecule has 0 atom stereocenters. The molecule has 1 aromatic carbocycles. The summed E-state index contributed by atoms with van der Waals surface area (Å²) in [5.74, 6) is 2.57. The van der Waals surface area contributed by atoms with E-state index in [-0.39, 0.29) is 12.5 Å². The van der Waals surface area contributed by atoms with Gasteiger partial charge in [0.25, 0.3) is 0 Å². The molecule has 0 aromatic heterocycles. The van der Waals surface area contributed by atoms with Gasteiger partial charge in [-0.15, -0.1) is 0 Å². The maximum Gasteiger partial charge on any atom is 0.241 e. The Bertz CT molecular complexity index is 657. The number of benzene rings is 1. The van der Waals surface area contributed by atoms with E-state index in [0.717, 1.165) is 31.5 Å². The number of ether oxygens (including phenoxy) is 3. The highest BCUT2D eigenvalue weighted by Gasteiger charge is 2.18. The van der Waals surface area contributed by atoms with Gasteiger partial charge in [0, 0.05) is 31.3 Å². The molecule has 1 aliphatic heterocycles. The smallest absolute Gasteiger partial charge is 0.241 e. The van der Waals surface area contributed by atoms with E-state index in [1.54, 1.807) is 27.4 Å². The number of likely N-dealkylation sites (tertiary alicyclic amines) is 1. The third-order valence-electron chi connectivity index (χ3n) is 4.40. The van der Waals surface area contributed by atoms with E-state index in [4.69, 9.17) is 14.2 Å². The Balaban J connectivity index is 2.07. The van der Waals surface area contributed by atoms with Gasteiger partial charge in [0.1, 0.15) is 5.75 Å². The minimum absolute atomic E-state index is 0.0989. The summed E-state index contributed by atoms with van der Waals surface area (Å²) in [5.41, 5.74) is 0.859. The molecule has 0 radical (unpaired) electrons. The number of rotatable bonds is 8. The average molecular weight is 378 g/mol. The van der Waals surface area contributed by atoms with Crippen molar-refractivity contribution in [1.82, 2.24) is 15.5 Å². The quantitative estimate of drug-likeness (QED) is 0.525. The van der Waals surface area contributed by atoms with Crippen molar-refractivity contribution in [3.8, 4) is 17.2 Å². The van der Waals surface area contributed by atoms with E-state index in [0.29, 0.717) is 36.3 Å². The van der Waals surface area contributed by atoms with Gasteiger partial charge in [0.15, 0.2) is 17.5 Å². The third kappa shape index (κ3) is 5.67. The molecule has 0 unspecified atom stereocenters. The normalized spacial score (nSPS) is 14.1. The molecule has 0 spiro atoms. The molecule has 0 aliphatic carbocycles. The van der Waals surface area contributed by atoms with Crippen LogP contribution in [0.4, 0.5) is 0 Å². The van der Waals surface area contributed by atoms with Crippen molar-refractivity contribution < 1.29 is 19.0 Å². The van der Waals surface area contributed by atoms with Gasteiger partial charge in [-0.25, -0.2) is 4.99 Å². The zero-order valence-electron chi connectivity index (χ0n) is 16.6. The van der Waals surface area contributed by atoms with Crippen LogP contribution in [0.25, 0.3) is 0 Å². The molecule has 1 saturated heterocycles. The van der Waals surface area contributed by atoms with E-state index in [2.05, 4.69) is 15.6 Å². The van der Waals surface area contributed by atoms with Crippen LogP contribution < -0.4 is 24.8 Å². The molecule has 2 N–H and O–H groups in total. The molecule has 0 bridgehead atoms. The molecule has 8 nitrogen and oxygen atoms in total. The Hall–Kier alpha value is -2.64. The fourth-order valence-electron chi connectivity index (χ4n) is 2.96. The van der Waals surface area contributed by atoms with E-state index in [1.165, 1.54) is 0 Å². The van der Waals surface area contributed by atoms with Crippen molar-refractivity contribution in [2.24, 2.45) is 4.99 Å². The Morgan fingerprint density at radius 2 is 1.67 bits per heavy atom. The first-order valence-corrected chi connectivity index (χ1v) is 9.21. The average Bonchev–Trinajstić information content (AvgIpc) is 3.24. The lowest BCUT2D eigenvalue weighted by Gasteiger charge is -2.17. The summed E-state index contributed by atoms with van der Waals surface area (Å²) in [5, 5.41) is 6.27. The molecule has 27 heavy (non-hydrogen) atoms. The standard InChI is InChI=1S/C19H30N4O4/c1-5-20-19(22-13-18(24)23-8-6-7-9-23)21-12-14-10-16(26-3)17(27-4)11-15(14)25-2/h10-11H,5-9,12-13H2,1-4H3,(H2,20,21,22). The number of carbonyl (C=O) groups excluding carboxylic acids is 1. The second-order valence-electron chi connectivity index (χ2n) is 6.16. The number of hydrogen-bond acceptors (Lipinski definition) is 5. The predicted molar refractivity (Wildman–Crippen MR) is 105 cm³/mol. The number of aliphatic imine (C=N–C) groups is 1. The van der Waals surface area contributed by atoms with Crippen LogP contribution in [-0.4, -0.2) is 64.3 Å². The molecule has 150 valence electrons. The van der Waals surface area contributed by atoms with E-state index >= 15 is 0 Å². The summed E-state index contributed by atoms with van der Waals surface area (Å²) in [7, 11) is 4.78. The highest BCUT2D eigenvalue weighted by Crippen LogP contribution is 2.34. The van der Waals surface area contributed by atoms with Crippen LogP contribution in [-0.2, 0) is 11.3 Å². The maximum atomic E-state index is 12.2. The van der Waals surface area contributed by atoms with Crippen LogP contribution >= 0.6 is 0 Å². The first-order chi connectivity index (χ1) is 13.1. The van der Waals surface area contributed by atoms with Gasteiger partial charge in [0.2, 0.25) is 5.91 Å². The van der Waals surface area contributed by atoms with Crippen molar-refractivity contribution in [1.29, 1.82) is 0 Å². The fourth-order valence-corrected chi connectivity index (χ4v) is 2.96. The van der Waals surface area contributed by atoms with E-state index < -0.39 is 0 Å². The molecule has 1 fully saturated rings. The molecular formula is C19H30N4O4. The topological polar surface area (TPSA) is 84.4 Å². The fraction of sp³-hybridized carbons (Fsp3) is 0.579. The number of nitrogens with zero attached hydrogens (tertiary/aromatic N) is 2. The SMILES string of the molecule is CCNC(=NCc1cc(OC)c(OC)cc1OC)NCC(=O)N1CCCC1. The van der Waals surface area contributed by atoms with Crippen LogP contribution in [0.3, 0.4) is 0 Å². The van der Waals surface area contributed by atoms with Crippen LogP contribution in [0.1, 0.15) is 25.3 Å². The minimum Gasteiger partial charge on any atom is -0.496 e. The Morgan fingerprint density at radius 1 is 1.04 bits per heavy atom. The van der Waals surface area contributed by atoms with Crippen molar-refractivity contribution in [2.75, 3.05) is 47.5 Å². The molecule has 0 saturated carbocycles. The highest BCUT2D eigenvalue weighted by atomic mass is 16.5. The minimum atomic E-state index is 0.0989. The van der Waals surface area contributed by atoms with Gasteiger partial charge in [-0.05, 0) is 25.8 Å². The van der Waals surface area contributed by atoms with Gasteiger partial charge in [-0.2, -0.15) is 0 Å². The van der Waals surface area contributed by atoms with Crippen molar-refractivity contribution >= 4 is 11.9 Å². The largest absolute Gasteiger partial charge is 0.496 e. The van der Waals surface area contributed by atoms with Crippen LogP contribution in [0.5, 0.6) is 17.2 Å². The number of hydrogen-bond donors (Lipinski definition) is 2. The van der Waals surface area contributed by atoms with Crippen molar-refractivity contribution in [3.05, 3.63) is 17.7 Å². The first kappa shape index (κ1) is 20.7. The highest BCUT2D eigenvalue weighted by molar-refractivity contribution is 5.86. The second-order valence-corrected chi connectivity index (χ2v) is 6.16. The summed E-state index contributed by atoms with van der Waals surface area (Å²) < 4.78 is 16.1. The summed E-state index contributed by atoms with van der Waals surface area (Å²) in [6, 6.07) is 3.63. The van der Waals surface area contributed by atoms with E-state index in [9.17, 15) is 4.79 Å². The second kappa shape index (κ2) is 10.5. The van der Waals surface area contributed by atoms with Crippen LogP contribution in [0.2, 0.25) is 0 Å². The summed E-state index contributed by atoms with van der Waals surface area (Å²) in [6.45, 7) is 4.98. The number of amides is 1. The van der Waals surface area contributed by atoms with Gasteiger partial charge in [0.05, 0.1) is 34.4 Å². The lowest BCUT2D eigenvalue weighted by atomic mass is 10.1. The van der Waals surface area contributed by atoms with Crippen molar-refractivity contribution in [3.63, 3.8) is 0 Å². The van der Waals surface area contributed by atoms with Gasteiger partial charge in [-0.1, -0.05) is 0 Å². The first-order valence-electron chi connectivity index (χ1n) is 9.21. The van der Waals surface area contributed by atoms with Gasteiger partial charge >= 0.3 is 0 Å². The third-order valence-corrected chi connectivity index (χ3v) is 4.40. The molecule has 1 aliphatic rings. The van der Waals surface area contributed by atoms with Crippen LogP contribution in [0.15, 0.2) is 17.1 Å². The number of nitrogens with one attached hydrogen (secondary N) is 2. The van der Waals surface area contributed by atoms with Crippen LogP contribution in [0, 0.1) is 0 Å². The summed E-state index contributed by atoms with van der Waals surface area (Å²) >= 11 is 0. The zero-order chi connectivity index (χ0) is 19.6. The molecule has 2 rings (SSSR count). The predicted octanol–water partition coefficient (Wildman–Crippen LogP) is 1.39. The van der Waals surface area contributed by atoms with Gasteiger partial charge < -0.3 is 29.7 Å². The maximum absolute atomic E-state index is 12.2. The van der Waals surface area contributed by atoms with Gasteiger partial charge in [-0.3, -0.25) is 4.79 Å². The summed E-state index contributed by atoms with van der Waals surface area (Å²) in [4.78, 5) is 18.7. The Labute approximate surface area is 160 Å². The van der Waals surface area contributed by atoms with Crippen molar-refractivity contribution in [2.45, 2.75) is 26.3 Å². The lowest BCUT2D eigenvalue weighted by molar-refractivity contribution is -0.128. The zero-order valence-corrected chi connectivity index (χ0v) is 16.6. The monoisotopic (exact) mass is 378 g/mol. The summed E-state index contributed by atoms with van der Waals surface area (Å²) in [6.07, 6.45) is 2.16. The number of guanidine groups is 1. The number of methoxy groups -OCH3 is 3.